The third-order valence-corrected chi connectivity index (χ3v) is 5.44. The van der Waals surface area contributed by atoms with Crippen LogP contribution in [-0.2, 0) is 9.31 Å². The van der Waals surface area contributed by atoms with Crippen molar-refractivity contribution in [3.8, 4) is 0 Å². The monoisotopic (exact) mass is 338 g/mol. The molecule has 0 aromatic heterocycles. The van der Waals surface area contributed by atoms with Crippen LogP contribution in [0.25, 0.3) is 0 Å². The minimum absolute atomic E-state index is 0.128. The lowest BCUT2D eigenvalue weighted by Gasteiger charge is -2.32. The zero-order valence-electron chi connectivity index (χ0n) is 17.6. The minimum Gasteiger partial charge on any atom is -0.403 e. The van der Waals surface area contributed by atoms with E-state index in [-0.39, 0.29) is 18.3 Å². The van der Waals surface area contributed by atoms with Crippen molar-refractivity contribution in [3.63, 3.8) is 0 Å². The van der Waals surface area contributed by atoms with Crippen LogP contribution in [0.2, 0.25) is 6.32 Å². The fourth-order valence-electron chi connectivity index (χ4n) is 3.41. The first-order valence-electron chi connectivity index (χ1n) is 9.52. The van der Waals surface area contributed by atoms with Crippen LogP contribution >= 0.6 is 0 Å². The summed E-state index contributed by atoms with van der Waals surface area (Å²) in [5.74, 6) is 1.39. The molecule has 140 valence electrons. The average Bonchev–Trinajstić information content (AvgIpc) is 2.60. The molecule has 0 spiro atoms. The molecule has 0 radical (unpaired) electrons. The summed E-state index contributed by atoms with van der Waals surface area (Å²) in [6, 6.07) is 0. The van der Waals surface area contributed by atoms with Crippen molar-refractivity contribution in [2.45, 2.75) is 85.8 Å². The van der Waals surface area contributed by atoms with Crippen LogP contribution in [0.5, 0.6) is 0 Å². The first kappa shape index (κ1) is 21.5. The highest BCUT2D eigenvalue weighted by molar-refractivity contribution is 6.45. The van der Waals surface area contributed by atoms with E-state index in [1.807, 2.05) is 19.1 Å². The predicted molar refractivity (Wildman–Crippen MR) is 104 cm³/mol. The van der Waals surface area contributed by atoms with E-state index in [4.69, 9.17) is 14.4 Å². The summed E-state index contributed by atoms with van der Waals surface area (Å²) in [7, 11) is 3.88. The first-order valence-corrected chi connectivity index (χ1v) is 9.52. The van der Waals surface area contributed by atoms with Crippen molar-refractivity contribution in [1.29, 1.82) is 0 Å². The van der Waals surface area contributed by atoms with Gasteiger partial charge in [0.25, 0.3) is 0 Å². The van der Waals surface area contributed by atoms with Gasteiger partial charge in [-0.3, -0.25) is 0 Å². The second-order valence-corrected chi connectivity index (χ2v) is 8.82. The van der Waals surface area contributed by atoms with Gasteiger partial charge < -0.3 is 14.3 Å². The predicted octanol–water partition coefficient (Wildman–Crippen LogP) is 4.70. The molecule has 1 aliphatic rings. The van der Waals surface area contributed by atoms with Crippen molar-refractivity contribution in [2.75, 3.05) is 14.1 Å². The van der Waals surface area contributed by atoms with Gasteiger partial charge in [0, 0.05) is 25.7 Å². The Labute approximate surface area is 150 Å². The van der Waals surface area contributed by atoms with E-state index in [2.05, 4.69) is 55.4 Å². The Morgan fingerprint density at radius 2 is 1.54 bits per heavy atom. The van der Waals surface area contributed by atoms with Gasteiger partial charge in [-0.25, -0.2) is 0 Å². The largest absolute Gasteiger partial charge is 0.458 e. The molecular weight excluding hydrogens is 299 g/mol. The summed E-state index contributed by atoms with van der Waals surface area (Å²) in [6.07, 6.45) is 3.24. The van der Waals surface area contributed by atoms with Crippen molar-refractivity contribution in [1.82, 2.24) is 5.01 Å². The lowest BCUT2D eigenvalue weighted by atomic mass is 9.70. The van der Waals surface area contributed by atoms with Gasteiger partial charge in [0.15, 0.2) is 0 Å². The molecule has 1 aliphatic heterocycles. The number of hydrazone groups is 1. The van der Waals surface area contributed by atoms with Crippen molar-refractivity contribution in [3.05, 3.63) is 0 Å². The maximum Gasteiger partial charge on any atom is 0.458 e. The SMILES string of the molecule is CCC[C@@H](/C(=N/N(C)C)C(C)C)[C@H](C)CB1OC(C)(C)C(C)(C)O1. The maximum atomic E-state index is 6.21. The molecule has 1 heterocycles. The Balaban J connectivity index is 2.90. The van der Waals surface area contributed by atoms with Crippen molar-refractivity contribution < 1.29 is 9.31 Å². The van der Waals surface area contributed by atoms with Crippen LogP contribution in [0.3, 0.4) is 0 Å². The molecule has 0 amide bonds. The van der Waals surface area contributed by atoms with Crippen LogP contribution in [0.1, 0.15) is 68.2 Å². The molecule has 0 aromatic rings. The molecule has 4 nitrogen and oxygen atoms in total. The van der Waals surface area contributed by atoms with Crippen LogP contribution in [0.15, 0.2) is 5.10 Å². The molecule has 1 fully saturated rings. The molecule has 0 N–H and O–H groups in total. The quantitative estimate of drug-likeness (QED) is 0.365. The summed E-state index contributed by atoms with van der Waals surface area (Å²) in [5.41, 5.74) is 0.790. The van der Waals surface area contributed by atoms with Gasteiger partial charge in [0.1, 0.15) is 0 Å². The summed E-state index contributed by atoms with van der Waals surface area (Å²) < 4.78 is 12.4. The Bertz CT molecular complexity index is 417. The van der Waals surface area contributed by atoms with Gasteiger partial charge in [0.05, 0.1) is 11.2 Å². The standard InChI is InChI=1S/C19H39BN2O2/c1-11-12-16(17(14(2)3)21-22(9)10)15(4)13-20-23-18(5,6)19(7,8)24-20/h14-16H,11-13H2,1-10H3/b21-17+/t15-,16-/m1/s1. The lowest BCUT2D eigenvalue weighted by Crippen LogP contribution is -2.41. The topological polar surface area (TPSA) is 34.1 Å². The van der Waals surface area contributed by atoms with E-state index in [1.165, 1.54) is 5.71 Å². The summed E-state index contributed by atoms with van der Waals surface area (Å²) in [6.45, 7) is 17.5. The third kappa shape index (κ3) is 5.22. The summed E-state index contributed by atoms with van der Waals surface area (Å²) in [4.78, 5) is 0. The molecular formula is C19H39BN2O2. The molecule has 2 atom stereocenters. The molecule has 0 bridgehead atoms. The van der Waals surface area contributed by atoms with E-state index in [9.17, 15) is 0 Å². The highest BCUT2D eigenvalue weighted by Crippen LogP contribution is 2.40. The van der Waals surface area contributed by atoms with Crippen molar-refractivity contribution >= 4 is 12.8 Å². The Kier molecular flexibility index (Phi) is 7.37. The molecule has 1 saturated heterocycles. The van der Waals surface area contributed by atoms with E-state index in [0.717, 1.165) is 19.2 Å². The number of nitrogens with zero attached hydrogens (tertiary/aromatic N) is 2. The van der Waals surface area contributed by atoms with Gasteiger partial charge in [0.2, 0.25) is 0 Å². The molecule has 24 heavy (non-hydrogen) atoms. The van der Waals surface area contributed by atoms with Gasteiger partial charge in [-0.05, 0) is 52.3 Å². The highest BCUT2D eigenvalue weighted by Gasteiger charge is 2.51. The normalized spacial score (nSPS) is 22.8. The Morgan fingerprint density at radius 3 is 1.92 bits per heavy atom. The molecule has 0 saturated carbocycles. The number of rotatable bonds is 8. The van der Waals surface area contributed by atoms with Crippen LogP contribution < -0.4 is 0 Å². The average molecular weight is 338 g/mol. The van der Waals surface area contributed by atoms with Crippen LogP contribution in [0.4, 0.5) is 0 Å². The van der Waals surface area contributed by atoms with Gasteiger partial charge in [-0.15, -0.1) is 0 Å². The smallest absolute Gasteiger partial charge is 0.403 e. The molecule has 0 unspecified atom stereocenters. The second-order valence-electron chi connectivity index (χ2n) is 8.82. The zero-order chi connectivity index (χ0) is 18.7. The summed E-state index contributed by atoms with van der Waals surface area (Å²) in [5, 5.41) is 6.75. The van der Waals surface area contributed by atoms with E-state index < -0.39 is 0 Å². The van der Waals surface area contributed by atoms with E-state index in [0.29, 0.717) is 17.8 Å². The number of hydrogen-bond donors (Lipinski definition) is 0. The molecule has 0 aliphatic carbocycles. The number of hydrogen-bond acceptors (Lipinski definition) is 4. The van der Waals surface area contributed by atoms with E-state index in [1.54, 1.807) is 0 Å². The Morgan fingerprint density at radius 1 is 1.04 bits per heavy atom. The lowest BCUT2D eigenvalue weighted by molar-refractivity contribution is 0.00578. The minimum atomic E-state index is -0.254. The van der Waals surface area contributed by atoms with E-state index >= 15 is 0 Å². The first-order chi connectivity index (χ1) is 10.9. The molecule has 5 heteroatoms. The molecule has 1 rings (SSSR count). The van der Waals surface area contributed by atoms with Crippen molar-refractivity contribution in [2.24, 2.45) is 22.9 Å². The fourth-order valence-corrected chi connectivity index (χ4v) is 3.41. The van der Waals surface area contributed by atoms with Gasteiger partial charge in [-0.1, -0.05) is 34.1 Å². The van der Waals surface area contributed by atoms with Crippen LogP contribution in [-0.4, -0.2) is 43.1 Å². The van der Waals surface area contributed by atoms with Gasteiger partial charge >= 0.3 is 7.12 Å². The summed E-state index contributed by atoms with van der Waals surface area (Å²) >= 11 is 0. The zero-order valence-corrected chi connectivity index (χ0v) is 17.6. The highest BCUT2D eigenvalue weighted by atomic mass is 16.7. The van der Waals surface area contributed by atoms with Gasteiger partial charge in [-0.2, -0.15) is 5.10 Å². The Hall–Kier alpha value is -0.545. The second kappa shape index (κ2) is 8.22. The molecule has 0 aromatic carbocycles. The fraction of sp³-hybridized carbons (Fsp3) is 0.947. The maximum absolute atomic E-state index is 6.21. The van der Waals surface area contributed by atoms with Crippen LogP contribution in [0, 0.1) is 17.8 Å². The third-order valence-electron chi connectivity index (χ3n) is 5.44.